The molecule has 0 bridgehead atoms. The molecule has 0 saturated carbocycles. The van der Waals surface area contributed by atoms with Crippen molar-refractivity contribution in [3.8, 4) is 6.07 Å². The number of hydrogen-bond donors (Lipinski definition) is 0. The standard InChI is InChI=1S/C10H6F3N/c1-2-7-3-4-9(10(11,12)13)8(5-7)6-14/h2-5H,1H2. The van der Waals surface area contributed by atoms with Gasteiger partial charge in [0.2, 0.25) is 0 Å². The molecule has 14 heavy (non-hydrogen) atoms. The Morgan fingerprint density at radius 3 is 2.43 bits per heavy atom. The third kappa shape index (κ3) is 1.94. The summed E-state index contributed by atoms with van der Waals surface area (Å²) in [5.41, 5.74) is -0.796. The summed E-state index contributed by atoms with van der Waals surface area (Å²) in [7, 11) is 0. The van der Waals surface area contributed by atoms with E-state index < -0.39 is 11.7 Å². The summed E-state index contributed by atoms with van der Waals surface area (Å²) in [5, 5.41) is 8.52. The lowest BCUT2D eigenvalue weighted by atomic mass is 10.0. The summed E-state index contributed by atoms with van der Waals surface area (Å²) >= 11 is 0. The van der Waals surface area contributed by atoms with Crippen LogP contribution in [0.5, 0.6) is 0 Å². The second kappa shape index (κ2) is 3.54. The van der Waals surface area contributed by atoms with Gasteiger partial charge in [0.25, 0.3) is 0 Å². The fourth-order valence-corrected chi connectivity index (χ4v) is 1.03. The summed E-state index contributed by atoms with van der Waals surface area (Å²) in [6.07, 6.45) is -3.09. The van der Waals surface area contributed by atoms with Crippen LogP contribution in [0.1, 0.15) is 16.7 Å². The maximum absolute atomic E-state index is 12.3. The highest BCUT2D eigenvalue weighted by molar-refractivity contribution is 5.53. The molecule has 0 aliphatic heterocycles. The molecular weight excluding hydrogens is 191 g/mol. The van der Waals surface area contributed by atoms with Crippen LogP contribution in [-0.4, -0.2) is 0 Å². The highest BCUT2D eigenvalue weighted by atomic mass is 19.4. The highest BCUT2D eigenvalue weighted by Gasteiger charge is 2.33. The molecule has 0 aliphatic carbocycles. The molecule has 0 aliphatic rings. The predicted molar refractivity (Wildman–Crippen MR) is 46.3 cm³/mol. The second-order valence-corrected chi connectivity index (χ2v) is 2.62. The van der Waals surface area contributed by atoms with Crippen molar-refractivity contribution in [3.05, 3.63) is 41.5 Å². The number of alkyl halides is 3. The van der Waals surface area contributed by atoms with Gasteiger partial charge in [0.1, 0.15) is 0 Å². The van der Waals surface area contributed by atoms with E-state index in [4.69, 9.17) is 5.26 Å². The van der Waals surface area contributed by atoms with Gasteiger partial charge in [-0.2, -0.15) is 18.4 Å². The minimum atomic E-state index is -4.48. The first kappa shape index (κ1) is 10.3. The van der Waals surface area contributed by atoms with Crippen LogP contribution in [0.2, 0.25) is 0 Å². The lowest BCUT2D eigenvalue weighted by Crippen LogP contribution is -2.07. The Morgan fingerprint density at radius 1 is 1.36 bits per heavy atom. The summed E-state index contributed by atoms with van der Waals surface area (Å²) in [6.45, 7) is 3.41. The van der Waals surface area contributed by atoms with Gasteiger partial charge in [0.15, 0.2) is 0 Å². The van der Waals surface area contributed by atoms with Gasteiger partial charge >= 0.3 is 6.18 Å². The SMILES string of the molecule is C=Cc1ccc(C(F)(F)F)c(C#N)c1. The third-order valence-electron chi connectivity index (χ3n) is 1.71. The monoisotopic (exact) mass is 197 g/mol. The van der Waals surface area contributed by atoms with Crippen molar-refractivity contribution in [2.75, 3.05) is 0 Å². The Bertz CT molecular complexity index is 399. The molecule has 1 rings (SSSR count). The molecule has 0 amide bonds. The van der Waals surface area contributed by atoms with Gasteiger partial charge in [-0.25, -0.2) is 0 Å². The molecule has 0 fully saturated rings. The Hall–Kier alpha value is -1.76. The molecule has 0 spiro atoms. The topological polar surface area (TPSA) is 23.8 Å². The van der Waals surface area contributed by atoms with E-state index in [1.807, 2.05) is 0 Å². The minimum Gasteiger partial charge on any atom is -0.192 e. The third-order valence-corrected chi connectivity index (χ3v) is 1.71. The van der Waals surface area contributed by atoms with Gasteiger partial charge in [0.05, 0.1) is 17.2 Å². The lowest BCUT2D eigenvalue weighted by Gasteiger charge is -2.08. The molecule has 0 saturated heterocycles. The fourth-order valence-electron chi connectivity index (χ4n) is 1.03. The second-order valence-electron chi connectivity index (χ2n) is 2.62. The zero-order chi connectivity index (χ0) is 10.8. The van der Waals surface area contributed by atoms with Crippen LogP contribution < -0.4 is 0 Å². The van der Waals surface area contributed by atoms with Crippen molar-refractivity contribution >= 4 is 6.08 Å². The molecule has 1 aromatic rings. The fraction of sp³-hybridized carbons (Fsp3) is 0.100. The molecule has 0 N–H and O–H groups in total. The Labute approximate surface area is 79.1 Å². The van der Waals surface area contributed by atoms with E-state index in [1.165, 1.54) is 18.2 Å². The van der Waals surface area contributed by atoms with Crippen LogP contribution in [0.15, 0.2) is 24.8 Å². The molecule has 0 aromatic heterocycles. The number of halogens is 3. The number of nitrogens with zero attached hydrogens (tertiary/aromatic N) is 1. The highest BCUT2D eigenvalue weighted by Crippen LogP contribution is 2.32. The largest absolute Gasteiger partial charge is 0.417 e. The van der Waals surface area contributed by atoms with Gasteiger partial charge in [-0.1, -0.05) is 18.7 Å². The molecular formula is C10H6F3N. The van der Waals surface area contributed by atoms with Crippen LogP contribution in [0.3, 0.4) is 0 Å². The maximum Gasteiger partial charge on any atom is 0.417 e. The minimum absolute atomic E-state index is 0.380. The van der Waals surface area contributed by atoms with Gasteiger partial charge in [-0.15, -0.1) is 0 Å². The summed E-state index contributed by atoms with van der Waals surface area (Å²) in [6, 6.07) is 4.83. The Kier molecular flexibility index (Phi) is 2.61. The molecule has 0 unspecified atom stereocenters. The lowest BCUT2D eigenvalue weighted by molar-refractivity contribution is -0.137. The van der Waals surface area contributed by atoms with E-state index in [0.29, 0.717) is 5.56 Å². The molecule has 0 atom stereocenters. The maximum atomic E-state index is 12.3. The average Bonchev–Trinajstić information content (AvgIpc) is 2.15. The molecule has 1 nitrogen and oxygen atoms in total. The van der Waals surface area contributed by atoms with Crippen molar-refractivity contribution in [2.45, 2.75) is 6.18 Å². The Morgan fingerprint density at radius 2 is 2.00 bits per heavy atom. The van der Waals surface area contributed by atoms with Crippen LogP contribution in [0.4, 0.5) is 13.2 Å². The zero-order valence-corrected chi connectivity index (χ0v) is 7.10. The van der Waals surface area contributed by atoms with Crippen molar-refractivity contribution < 1.29 is 13.2 Å². The van der Waals surface area contributed by atoms with Crippen molar-refractivity contribution in [2.24, 2.45) is 0 Å². The molecule has 72 valence electrons. The van der Waals surface area contributed by atoms with E-state index in [-0.39, 0.29) is 5.56 Å². The van der Waals surface area contributed by atoms with Crippen LogP contribution in [0, 0.1) is 11.3 Å². The average molecular weight is 197 g/mol. The van der Waals surface area contributed by atoms with Crippen LogP contribution in [0.25, 0.3) is 6.08 Å². The van der Waals surface area contributed by atoms with Crippen molar-refractivity contribution in [3.63, 3.8) is 0 Å². The predicted octanol–water partition coefficient (Wildman–Crippen LogP) is 3.22. The van der Waals surface area contributed by atoms with Gasteiger partial charge in [-0.3, -0.25) is 0 Å². The van der Waals surface area contributed by atoms with E-state index in [2.05, 4.69) is 6.58 Å². The van der Waals surface area contributed by atoms with E-state index in [1.54, 1.807) is 0 Å². The zero-order valence-electron chi connectivity index (χ0n) is 7.10. The first-order valence-corrected chi connectivity index (χ1v) is 3.73. The number of benzene rings is 1. The van der Waals surface area contributed by atoms with Crippen molar-refractivity contribution in [1.82, 2.24) is 0 Å². The van der Waals surface area contributed by atoms with Gasteiger partial charge < -0.3 is 0 Å². The van der Waals surface area contributed by atoms with Crippen LogP contribution in [-0.2, 0) is 6.18 Å². The van der Waals surface area contributed by atoms with Crippen molar-refractivity contribution in [1.29, 1.82) is 5.26 Å². The van der Waals surface area contributed by atoms with Crippen LogP contribution >= 0.6 is 0 Å². The number of hydrogen-bond acceptors (Lipinski definition) is 1. The summed E-state index contributed by atoms with van der Waals surface area (Å²) < 4.78 is 36.9. The van der Waals surface area contributed by atoms with E-state index in [9.17, 15) is 13.2 Å². The number of rotatable bonds is 1. The smallest absolute Gasteiger partial charge is 0.192 e. The molecule has 4 heteroatoms. The van der Waals surface area contributed by atoms with Gasteiger partial charge in [0, 0.05) is 0 Å². The first-order valence-electron chi connectivity index (χ1n) is 3.73. The molecule has 1 aromatic carbocycles. The summed E-state index contributed by atoms with van der Waals surface area (Å²) in [5.74, 6) is 0. The van der Waals surface area contributed by atoms with E-state index >= 15 is 0 Å². The van der Waals surface area contributed by atoms with E-state index in [0.717, 1.165) is 12.1 Å². The number of nitriles is 1. The molecule has 0 heterocycles. The first-order chi connectivity index (χ1) is 6.49. The summed E-state index contributed by atoms with van der Waals surface area (Å²) in [4.78, 5) is 0. The van der Waals surface area contributed by atoms with Gasteiger partial charge in [-0.05, 0) is 17.7 Å². The molecule has 0 radical (unpaired) electrons. The quantitative estimate of drug-likeness (QED) is 0.678. The Balaban J connectivity index is 3.34. The normalized spacial score (nSPS) is 10.7.